The molecule has 478 valence electrons. The second-order valence-corrected chi connectivity index (χ2v) is 20.9. The number of amides is 11. The number of hydrogen-bond donors (Lipinski definition) is 20. The molecule has 0 radical (unpaired) electrons. The van der Waals surface area contributed by atoms with E-state index in [0.29, 0.717) is 12.8 Å². The van der Waals surface area contributed by atoms with E-state index >= 15 is 0 Å². The van der Waals surface area contributed by atoms with Crippen LogP contribution in [0.4, 0.5) is 0 Å². The van der Waals surface area contributed by atoms with Gasteiger partial charge in [-0.3, -0.25) is 52.7 Å². The first-order chi connectivity index (χ1) is 40.1. The third-order valence-electron chi connectivity index (χ3n) is 13.9. The van der Waals surface area contributed by atoms with Crippen LogP contribution in [-0.4, -0.2) is 222 Å². The van der Waals surface area contributed by atoms with Gasteiger partial charge < -0.3 is 115 Å². The topological polar surface area (TPSA) is 563 Å². The highest BCUT2D eigenvalue weighted by Gasteiger charge is 2.43. The van der Waals surface area contributed by atoms with Crippen LogP contribution < -0.4 is 59.7 Å². The lowest BCUT2D eigenvalue weighted by molar-refractivity contribution is -0.293. The second-order valence-electron chi connectivity index (χ2n) is 20.9. The summed E-state index contributed by atoms with van der Waals surface area (Å²) in [6.07, 6.45) is -13.0. The van der Waals surface area contributed by atoms with E-state index in [4.69, 9.17) is 26.7 Å². The number of primary amides is 3. The van der Waals surface area contributed by atoms with Crippen molar-refractivity contribution >= 4 is 65.0 Å². The first kappa shape index (κ1) is 72.1. The molecule has 2 aliphatic rings. The molecule has 85 heavy (non-hydrogen) atoms. The maximum absolute atomic E-state index is 14.2. The van der Waals surface area contributed by atoms with Crippen LogP contribution in [0.1, 0.15) is 115 Å². The van der Waals surface area contributed by atoms with Crippen LogP contribution in [0.5, 0.6) is 5.75 Å². The molecule has 2 fully saturated rings. The number of phenols is 1. The highest BCUT2D eigenvalue weighted by atomic mass is 16.7. The number of nitrogens with one attached hydrogen (secondary N) is 8. The molecule has 0 aliphatic carbocycles. The minimum atomic E-state index is -2.65. The van der Waals surface area contributed by atoms with Gasteiger partial charge in [-0.2, -0.15) is 0 Å². The third kappa shape index (κ3) is 24.0. The van der Waals surface area contributed by atoms with E-state index in [1.165, 1.54) is 0 Å². The zero-order chi connectivity index (χ0) is 63.7. The maximum atomic E-state index is 14.2. The van der Waals surface area contributed by atoms with E-state index in [-0.39, 0.29) is 17.7 Å². The van der Waals surface area contributed by atoms with E-state index in [2.05, 4.69) is 38.8 Å². The van der Waals surface area contributed by atoms with Crippen molar-refractivity contribution in [3.8, 4) is 5.75 Å². The van der Waals surface area contributed by atoms with Crippen LogP contribution in [0.3, 0.4) is 0 Å². The second kappa shape index (κ2) is 35.9. The molecule has 2 saturated heterocycles. The summed E-state index contributed by atoms with van der Waals surface area (Å²) in [7, 11) is 0. The highest BCUT2D eigenvalue weighted by Crippen LogP contribution is 2.25. The van der Waals surface area contributed by atoms with Crippen LogP contribution in [0.15, 0.2) is 24.3 Å². The number of rotatable bonds is 25. The van der Waals surface area contributed by atoms with Gasteiger partial charge in [-0.1, -0.05) is 76.8 Å². The molecule has 2 aliphatic heterocycles. The molecule has 11 amide bonds. The number of carbonyl (C=O) groups excluding carboxylic acids is 11. The molecule has 33 nitrogen and oxygen atoms in total. The first-order valence-corrected chi connectivity index (χ1v) is 27.8. The third-order valence-corrected chi connectivity index (χ3v) is 13.9. The lowest BCUT2D eigenvalue weighted by atomic mass is 9.94. The summed E-state index contributed by atoms with van der Waals surface area (Å²) >= 11 is 0. The SMILES string of the molecule is CCCCCCCCCCC[C@H](O[C@H]1OC[C@@H](O)[C@H](O)[C@H]1O)[C@H](O)[C@H](O)C[C@@H]1CC(=O)NC(C)C(=O)N[C@H]([C@H](O)c2ccc(O)cc2)C(=O)N[C@H](CC(N)=O)C(=O)NCC(=O)N[C@@H](CC(N)=O)C(=O)N[C@@H](CO)C(=O)N[C@@H]([C@H](O)C(N)=O)C(=O)N1. The lowest BCUT2D eigenvalue weighted by Gasteiger charge is -2.38. The van der Waals surface area contributed by atoms with Crippen molar-refractivity contribution in [2.45, 2.75) is 201 Å². The first-order valence-electron chi connectivity index (χ1n) is 27.8. The summed E-state index contributed by atoms with van der Waals surface area (Å²) in [6, 6.07) is -9.71. The fourth-order valence-corrected chi connectivity index (χ4v) is 9.02. The zero-order valence-electron chi connectivity index (χ0n) is 47.1. The molecular formula is C52H83N11O22. The number of unbranched alkanes of at least 4 members (excludes halogenated alkanes) is 8. The Morgan fingerprint density at radius 3 is 1.76 bits per heavy atom. The van der Waals surface area contributed by atoms with Gasteiger partial charge in [0.05, 0.1) is 44.8 Å². The van der Waals surface area contributed by atoms with Gasteiger partial charge in [0.2, 0.25) is 65.0 Å². The van der Waals surface area contributed by atoms with Crippen LogP contribution in [0, 0.1) is 0 Å². The number of phenolic OH excluding ortho intramolecular Hbond substituents is 1. The standard InChI is InChI=1S/C52H83N11O22/c1-3-4-5-6-7-8-9-10-11-12-33(85-52-44(76)42(74)32(67)23-84-52)41(73)31(66)17-26-18-36(70)57-24(2)46(78)62-38(40(72)25-13-15-27(65)16-14-25)51(83)60-28(19-34(53)68)47(79)56-21-37(71)59-29(20-35(54)69)48(80)61-30(22-64)49(81)63-39(50(82)58-26)43(75)45(55)77/h13-16,24,26,28-33,38-44,52,64-67,72-76H,3-12,17-23H2,1-2H3,(H2,53,68)(H2,54,69)(H2,55,77)(H,56,79)(H,57,70)(H,58,82)(H,59,71)(H,60,83)(H,61,80)(H,62,78)(H,63,81)/t24?,26-,28-,29+,30+,31-,32-,33+,38-,39+,40-,41-,42+,43+,44-,52-/m1/s1. The predicted molar refractivity (Wildman–Crippen MR) is 291 cm³/mol. The molecule has 33 heteroatoms. The molecule has 1 aromatic rings. The van der Waals surface area contributed by atoms with Crippen molar-refractivity contribution in [2.24, 2.45) is 17.2 Å². The monoisotopic (exact) mass is 1210 g/mol. The Morgan fingerprint density at radius 1 is 0.647 bits per heavy atom. The fourth-order valence-electron chi connectivity index (χ4n) is 9.02. The Labute approximate surface area is 488 Å². The number of aromatic hydroxyl groups is 1. The largest absolute Gasteiger partial charge is 0.508 e. The Kier molecular flexibility index (Phi) is 30.5. The number of nitrogens with two attached hydrogens (primary N) is 3. The van der Waals surface area contributed by atoms with Crippen molar-refractivity contribution in [1.29, 1.82) is 0 Å². The molecule has 0 bridgehead atoms. The highest BCUT2D eigenvalue weighted by molar-refractivity contribution is 6.00. The summed E-state index contributed by atoms with van der Waals surface area (Å²) in [6.45, 7) is 0.258. The maximum Gasteiger partial charge on any atom is 0.248 e. The normalized spacial score (nSPS) is 27.4. The molecule has 1 aromatic carbocycles. The molecule has 16 atom stereocenters. The van der Waals surface area contributed by atoms with Gasteiger partial charge in [0.15, 0.2) is 12.4 Å². The molecule has 0 saturated carbocycles. The number of aliphatic hydroxyl groups excluding tert-OH is 8. The quantitative estimate of drug-likeness (QED) is 0.0404. The Balaban J connectivity index is 2.14. The van der Waals surface area contributed by atoms with Gasteiger partial charge in [-0.25, -0.2) is 0 Å². The van der Waals surface area contributed by atoms with E-state index in [0.717, 1.165) is 76.1 Å². The number of ether oxygens (including phenoxy) is 2. The molecule has 0 spiro atoms. The molecule has 0 aromatic heterocycles. The van der Waals surface area contributed by atoms with Crippen LogP contribution >= 0.6 is 0 Å². The average Bonchev–Trinajstić information content (AvgIpc) is 3.41. The van der Waals surface area contributed by atoms with E-state index < -0.39 is 208 Å². The van der Waals surface area contributed by atoms with Crippen molar-refractivity contribution < 1.29 is 108 Å². The Bertz CT molecular complexity index is 2430. The van der Waals surface area contributed by atoms with Gasteiger partial charge >= 0.3 is 0 Å². The Morgan fingerprint density at radius 2 is 1.19 bits per heavy atom. The summed E-state index contributed by atoms with van der Waals surface area (Å²) in [4.78, 5) is 147. The summed E-state index contributed by atoms with van der Waals surface area (Å²) < 4.78 is 11.3. The minimum Gasteiger partial charge on any atom is -0.508 e. The van der Waals surface area contributed by atoms with Crippen LogP contribution in [-0.2, 0) is 62.2 Å². The Hall–Kier alpha value is -7.21. The smallest absolute Gasteiger partial charge is 0.248 e. The van der Waals surface area contributed by atoms with Crippen LogP contribution in [0.25, 0.3) is 0 Å². The summed E-state index contributed by atoms with van der Waals surface area (Å²) in [5.41, 5.74) is 15.9. The van der Waals surface area contributed by atoms with Gasteiger partial charge in [-0.05, 0) is 37.5 Å². The number of carbonyl (C=O) groups is 11. The molecular weight excluding hydrogens is 1130 g/mol. The van der Waals surface area contributed by atoms with Crippen molar-refractivity contribution in [2.75, 3.05) is 19.8 Å². The van der Waals surface area contributed by atoms with Crippen LogP contribution in [0.2, 0.25) is 0 Å². The van der Waals surface area contributed by atoms with E-state index in [1.807, 2.05) is 10.6 Å². The van der Waals surface area contributed by atoms with Crippen molar-refractivity contribution in [3.63, 3.8) is 0 Å². The van der Waals surface area contributed by atoms with Crippen molar-refractivity contribution in [3.05, 3.63) is 29.8 Å². The molecule has 2 heterocycles. The lowest BCUT2D eigenvalue weighted by Crippen LogP contribution is -2.63. The molecule has 23 N–H and O–H groups in total. The number of hydrogen-bond acceptors (Lipinski definition) is 22. The zero-order valence-corrected chi connectivity index (χ0v) is 47.1. The van der Waals surface area contributed by atoms with Gasteiger partial charge in [-0.15, -0.1) is 0 Å². The van der Waals surface area contributed by atoms with Gasteiger partial charge in [0.25, 0.3) is 0 Å². The summed E-state index contributed by atoms with van der Waals surface area (Å²) in [5, 5.41) is 114. The van der Waals surface area contributed by atoms with Crippen molar-refractivity contribution in [1.82, 2.24) is 42.5 Å². The minimum absolute atomic E-state index is 0.0278. The number of benzene rings is 1. The van der Waals surface area contributed by atoms with Gasteiger partial charge in [0.1, 0.15) is 72.5 Å². The fraction of sp³-hybridized carbons (Fsp3) is 0.673. The summed E-state index contributed by atoms with van der Waals surface area (Å²) in [5.74, 6) is -15.2. The van der Waals surface area contributed by atoms with E-state index in [1.54, 1.807) is 0 Å². The average molecular weight is 1210 g/mol. The van der Waals surface area contributed by atoms with E-state index in [9.17, 15) is 98.7 Å². The molecule has 3 rings (SSSR count). The molecule has 1 unspecified atom stereocenters. The van der Waals surface area contributed by atoms with Gasteiger partial charge in [0, 0.05) is 12.5 Å². The predicted octanol–water partition coefficient (Wildman–Crippen LogP) is -8.19. The number of aliphatic hydroxyl groups is 8.